The monoisotopic (exact) mass is 286 g/mol. The Balaban J connectivity index is 2.09. The Bertz CT molecular complexity index is 457. The molecule has 2 rings (SSSR count). The average Bonchev–Trinajstić information content (AvgIpc) is 2.38. The van der Waals surface area contributed by atoms with Crippen molar-refractivity contribution in [3.8, 4) is 0 Å². The summed E-state index contributed by atoms with van der Waals surface area (Å²) in [5.41, 5.74) is 5.04. The van der Waals surface area contributed by atoms with Crippen molar-refractivity contribution < 1.29 is 13.2 Å². The zero-order valence-electron chi connectivity index (χ0n) is 11.6. The third-order valence-corrected chi connectivity index (χ3v) is 4.19. The van der Waals surface area contributed by atoms with Crippen LogP contribution in [0.4, 0.5) is 24.5 Å². The van der Waals surface area contributed by atoms with Crippen LogP contribution < -0.4 is 11.1 Å². The van der Waals surface area contributed by atoms with Gasteiger partial charge in [-0.05, 0) is 36.5 Å². The van der Waals surface area contributed by atoms with E-state index in [4.69, 9.17) is 5.73 Å². The summed E-state index contributed by atoms with van der Waals surface area (Å²) < 4.78 is 38.9. The van der Waals surface area contributed by atoms with Crippen molar-refractivity contribution in [2.75, 3.05) is 17.6 Å². The molecule has 112 valence electrons. The molecule has 1 aliphatic rings. The molecule has 0 radical (unpaired) electrons. The molecule has 0 heterocycles. The van der Waals surface area contributed by atoms with E-state index in [1.165, 1.54) is 31.4 Å². The molecule has 2 nitrogen and oxygen atoms in total. The van der Waals surface area contributed by atoms with E-state index in [2.05, 4.69) is 12.2 Å². The fourth-order valence-corrected chi connectivity index (χ4v) is 2.89. The van der Waals surface area contributed by atoms with Crippen LogP contribution in [0.3, 0.4) is 0 Å². The first-order chi connectivity index (χ1) is 9.38. The standard InChI is InChI=1S/C15H21F3N2/c1-10-4-2-3-5-11(10)9-20-14-7-6-12(19)8-13(14)15(16,17)18/h6-8,10-11,20H,2-5,9,19H2,1H3. The van der Waals surface area contributed by atoms with Crippen molar-refractivity contribution in [1.29, 1.82) is 0 Å². The van der Waals surface area contributed by atoms with E-state index >= 15 is 0 Å². The summed E-state index contributed by atoms with van der Waals surface area (Å²) in [4.78, 5) is 0. The van der Waals surface area contributed by atoms with Gasteiger partial charge in [0.1, 0.15) is 0 Å². The third-order valence-electron chi connectivity index (χ3n) is 4.19. The summed E-state index contributed by atoms with van der Waals surface area (Å²) in [5.74, 6) is 1.02. The van der Waals surface area contributed by atoms with Crippen LogP contribution in [0.25, 0.3) is 0 Å². The molecule has 20 heavy (non-hydrogen) atoms. The van der Waals surface area contributed by atoms with Crippen LogP contribution in [0.15, 0.2) is 18.2 Å². The zero-order valence-corrected chi connectivity index (χ0v) is 11.6. The van der Waals surface area contributed by atoms with E-state index < -0.39 is 11.7 Å². The highest BCUT2D eigenvalue weighted by molar-refractivity contribution is 5.59. The van der Waals surface area contributed by atoms with Crippen molar-refractivity contribution in [3.63, 3.8) is 0 Å². The first-order valence-corrected chi connectivity index (χ1v) is 7.08. The van der Waals surface area contributed by atoms with Crippen molar-refractivity contribution in [1.82, 2.24) is 0 Å². The van der Waals surface area contributed by atoms with Gasteiger partial charge in [0, 0.05) is 17.9 Å². The summed E-state index contributed by atoms with van der Waals surface area (Å²) in [7, 11) is 0. The van der Waals surface area contributed by atoms with Crippen molar-refractivity contribution in [3.05, 3.63) is 23.8 Å². The second kappa shape index (κ2) is 5.94. The Kier molecular flexibility index (Phi) is 4.45. The Morgan fingerprint density at radius 2 is 1.95 bits per heavy atom. The van der Waals surface area contributed by atoms with Gasteiger partial charge in [-0.15, -0.1) is 0 Å². The maximum absolute atomic E-state index is 13.0. The van der Waals surface area contributed by atoms with Gasteiger partial charge in [-0.25, -0.2) is 0 Å². The molecule has 1 saturated carbocycles. The van der Waals surface area contributed by atoms with Gasteiger partial charge in [0.2, 0.25) is 0 Å². The Morgan fingerprint density at radius 1 is 1.25 bits per heavy atom. The van der Waals surface area contributed by atoms with Crippen molar-refractivity contribution in [2.24, 2.45) is 11.8 Å². The van der Waals surface area contributed by atoms with Crippen LogP contribution in [0.1, 0.15) is 38.2 Å². The maximum Gasteiger partial charge on any atom is 0.418 e. The highest BCUT2D eigenvalue weighted by Crippen LogP contribution is 2.37. The first kappa shape index (κ1) is 15.0. The van der Waals surface area contributed by atoms with E-state index in [0.29, 0.717) is 18.4 Å². The molecule has 0 spiro atoms. The number of nitrogen functional groups attached to an aromatic ring is 1. The minimum Gasteiger partial charge on any atom is -0.399 e. The molecule has 0 aromatic heterocycles. The lowest BCUT2D eigenvalue weighted by Gasteiger charge is -2.29. The fourth-order valence-electron chi connectivity index (χ4n) is 2.89. The van der Waals surface area contributed by atoms with E-state index in [-0.39, 0.29) is 11.4 Å². The van der Waals surface area contributed by atoms with E-state index in [0.717, 1.165) is 12.5 Å². The molecular formula is C15H21F3N2. The maximum atomic E-state index is 13.0. The first-order valence-electron chi connectivity index (χ1n) is 7.08. The SMILES string of the molecule is CC1CCCCC1CNc1ccc(N)cc1C(F)(F)F. The number of nitrogens with two attached hydrogens (primary N) is 1. The molecule has 1 aliphatic carbocycles. The second-order valence-electron chi connectivity index (χ2n) is 5.71. The van der Waals surface area contributed by atoms with E-state index in [9.17, 15) is 13.2 Å². The van der Waals surface area contributed by atoms with Gasteiger partial charge in [-0.3, -0.25) is 0 Å². The van der Waals surface area contributed by atoms with Crippen molar-refractivity contribution in [2.45, 2.75) is 38.8 Å². The fraction of sp³-hybridized carbons (Fsp3) is 0.600. The number of hydrogen-bond donors (Lipinski definition) is 2. The molecule has 3 N–H and O–H groups in total. The minimum absolute atomic E-state index is 0.129. The summed E-state index contributed by atoms with van der Waals surface area (Å²) >= 11 is 0. The van der Waals surface area contributed by atoms with Gasteiger partial charge in [0.05, 0.1) is 5.56 Å². The molecule has 1 aromatic carbocycles. The normalized spacial score (nSPS) is 23.6. The van der Waals surface area contributed by atoms with Crippen LogP contribution in [-0.2, 0) is 6.18 Å². The topological polar surface area (TPSA) is 38.0 Å². The lowest BCUT2D eigenvalue weighted by molar-refractivity contribution is -0.136. The highest BCUT2D eigenvalue weighted by Gasteiger charge is 2.34. The molecule has 2 unspecified atom stereocenters. The number of alkyl halides is 3. The van der Waals surface area contributed by atoms with Crippen LogP contribution in [-0.4, -0.2) is 6.54 Å². The van der Waals surface area contributed by atoms with Crippen LogP contribution >= 0.6 is 0 Å². The van der Waals surface area contributed by atoms with Gasteiger partial charge < -0.3 is 11.1 Å². The Hall–Kier alpha value is -1.39. The molecule has 1 fully saturated rings. The Morgan fingerprint density at radius 3 is 2.60 bits per heavy atom. The third kappa shape index (κ3) is 3.58. The quantitative estimate of drug-likeness (QED) is 0.801. The summed E-state index contributed by atoms with van der Waals surface area (Å²) in [6.07, 6.45) is 0.276. The van der Waals surface area contributed by atoms with Gasteiger partial charge in [0.25, 0.3) is 0 Å². The number of halogens is 3. The van der Waals surface area contributed by atoms with E-state index in [1.54, 1.807) is 0 Å². The van der Waals surface area contributed by atoms with Gasteiger partial charge >= 0.3 is 6.18 Å². The largest absolute Gasteiger partial charge is 0.418 e. The molecule has 0 bridgehead atoms. The minimum atomic E-state index is -4.38. The van der Waals surface area contributed by atoms with Gasteiger partial charge in [0.15, 0.2) is 0 Å². The zero-order chi connectivity index (χ0) is 14.8. The molecule has 5 heteroatoms. The number of nitrogens with one attached hydrogen (secondary N) is 1. The lowest BCUT2D eigenvalue weighted by Crippen LogP contribution is -2.25. The smallest absolute Gasteiger partial charge is 0.399 e. The molecule has 2 atom stereocenters. The van der Waals surface area contributed by atoms with Gasteiger partial charge in [-0.1, -0.05) is 26.2 Å². The number of anilines is 2. The van der Waals surface area contributed by atoms with Crippen LogP contribution in [0.5, 0.6) is 0 Å². The van der Waals surface area contributed by atoms with Gasteiger partial charge in [-0.2, -0.15) is 13.2 Å². The summed E-state index contributed by atoms with van der Waals surface area (Å²) in [6, 6.07) is 3.92. The average molecular weight is 286 g/mol. The number of benzene rings is 1. The predicted molar refractivity (Wildman–Crippen MR) is 75.5 cm³/mol. The highest BCUT2D eigenvalue weighted by atomic mass is 19.4. The van der Waals surface area contributed by atoms with Crippen LogP contribution in [0, 0.1) is 11.8 Å². The second-order valence-corrected chi connectivity index (χ2v) is 5.71. The number of rotatable bonds is 3. The van der Waals surface area contributed by atoms with Crippen molar-refractivity contribution >= 4 is 11.4 Å². The molecule has 1 aromatic rings. The predicted octanol–water partition coefficient (Wildman–Crippen LogP) is 4.53. The molecular weight excluding hydrogens is 265 g/mol. The van der Waals surface area contributed by atoms with Crippen LogP contribution in [0.2, 0.25) is 0 Å². The molecule has 0 saturated heterocycles. The van der Waals surface area contributed by atoms with E-state index in [1.807, 2.05) is 0 Å². The number of hydrogen-bond acceptors (Lipinski definition) is 2. The lowest BCUT2D eigenvalue weighted by atomic mass is 9.80. The molecule has 0 amide bonds. The Labute approximate surface area is 117 Å². The summed E-state index contributed by atoms with van der Waals surface area (Å²) in [5, 5.41) is 2.97. The summed E-state index contributed by atoms with van der Waals surface area (Å²) in [6.45, 7) is 2.77. The molecule has 0 aliphatic heterocycles.